The van der Waals surface area contributed by atoms with Crippen LogP contribution in [0.5, 0.6) is 0 Å². The number of hydrogen-bond acceptors (Lipinski definition) is 7. The number of fused-ring (bicyclic) bond motifs is 1. The maximum absolute atomic E-state index is 11.6. The largest absolute Gasteiger partial charge is 0.469 e. The number of piperidine rings is 1. The molecule has 1 aliphatic rings. The molecule has 8 heteroatoms. The summed E-state index contributed by atoms with van der Waals surface area (Å²) in [5, 5.41) is 0. The summed E-state index contributed by atoms with van der Waals surface area (Å²) in [6.07, 6.45) is 4.23. The Morgan fingerprint density at radius 1 is 0.950 bits per heavy atom. The van der Waals surface area contributed by atoms with Crippen LogP contribution >= 0.6 is 0 Å². The average Bonchev–Trinajstić information content (AvgIpc) is 3.37. The number of methoxy groups -OCH3 is 1. The number of nitrogens with two attached hydrogens (primary N) is 1. The Bertz CT molecular complexity index is 1620. The lowest BCUT2D eigenvalue weighted by molar-refractivity contribution is -0.142. The van der Waals surface area contributed by atoms with Gasteiger partial charge in [0.05, 0.1) is 18.4 Å². The van der Waals surface area contributed by atoms with Gasteiger partial charge in [0.1, 0.15) is 11.3 Å². The van der Waals surface area contributed by atoms with Gasteiger partial charge in [0, 0.05) is 30.4 Å². The second-order valence-electron chi connectivity index (χ2n) is 10.3. The van der Waals surface area contributed by atoms with Crippen LogP contribution in [-0.4, -0.2) is 50.6 Å². The van der Waals surface area contributed by atoms with Crippen LogP contribution in [0.2, 0.25) is 0 Å². The number of rotatable bonds is 7. The monoisotopic (exact) mass is 532 g/mol. The summed E-state index contributed by atoms with van der Waals surface area (Å²) < 4.78 is 6.91. The zero-order chi connectivity index (χ0) is 27.5. The fraction of sp³-hybridized carbons (Fsp3) is 0.250. The number of nitrogen functional groups attached to an aromatic ring is 1. The molecule has 6 rings (SSSR count). The third-order valence-corrected chi connectivity index (χ3v) is 7.64. The molecule has 3 aromatic heterocycles. The van der Waals surface area contributed by atoms with Crippen LogP contribution in [0.3, 0.4) is 0 Å². The molecule has 2 aromatic carbocycles. The smallest absolute Gasteiger partial charge is 0.305 e. The van der Waals surface area contributed by atoms with Gasteiger partial charge < -0.3 is 10.5 Å². The van der Waals surface area contributed by atoms with Crippen LogP contribution in [0.4, 0.5) is 5.82 Å². The maximum atomic E-state index is 11.6. The van der Waals surface area contributed by atoms with Crippen LogP contribution in [0, 0.1) is 5.92 Å². The number of pyridine rings is 2. The van der Waals surface area contributed by atoms with Gasteiger partial charge in [-0.05, 0) is 73.8 Å². The fourth-order valence-electron chi connectivity index (χ4n) is 5.44. The van der Waals surface area contributed by atoms with Crippen LogP contribution in [0.15, 0.2) is 85.1 Å². The quantitative estimate of drug-likeness (QED) is 0.276. The van der Waals surface area contributed by atoms with E-state index in [0.717, 1.165) is 66.1 Å². The minimum absolute atomic E-state index is 0.112. The molecule has 8 nitrogen and oxygen atoms in total. The molecule has 0 atom stereocenters. The Balaban J connectivity index is 1.31. The third-order valence-electron chi connectivity index (χ3n) is 7.64. The van der Waals surface area contributed by atoms with Crippen molar-refractivity contribution in [1.82, 2.24) is 24.4 Å². The number of ether oxygens (including phenoxy) is 1. The van der Waals surface area contributed by atoms with Gasteiger partial charge in [0.2, 0.25) is 0 Å². The summed E-state index contributed by atoms with van der Waals surface area (Å²) in [6.45, 7) is 2.83. The van der Waals surface area contributed by atoms with E-state index in [1.807, 2.05) is 42.5 Å². The molecule has 0 radical (unpaired) electrons. The molecule has 0 unspecified atom stereocenters. The van der Waals surface area contributed by atoms with E-state index >= 15 is 0 Å². The predicted octanol–water partition coefficient (Wildman–Crippen LogP) is 5.51. The highest BCUT2D eigenvalue weighted by Crippen LogP contribution is 2.32. The summed E-state index contributed by atoms with van der Waals surface area (Å²) in [6, 6.07) is 26.5. The molecule has 0 saturated carbocycles. The highest BCUT2D eigenvalue weighted by atomic mass is 16.5. The molecular formula is C32H32N6O2. The molecule has 0 amide bonds. The maximum Gasteiger partial charge on any atom is 0.305 e. The van der Waals surface area contributed by atoms with Crippen LogP contribution in [0.1, 0.15) is 24.8 Å². The van der Waals surface area contributed by atoms with E-state index in [1.165, 1.54) is 12.7 Å². The van der Waals surface area contributed by atoms with Crippen molar-refractivity contribution in [1.29, 1.82) is 0 Å². The van der Waals surface area contributed by atoms with Crippen molar-refractivity contribution in [3.8, 4) is 28.3 Å². The number of carbonyl (C=O) groups excluding carboxylic acids is 1. The normalized spacial score (nSPS) is 14.4. The summed E-state index contributed by atoms with van der Waals surface area (Å²) in [5.41, 5.74) is 12.7. The SMILES string of the molecule is COC(=O)CC1CCN(Cc2ccc(-n3c(-c4cccnc4N)nc4ccc(-c5ccccc5)nc43)cc2)CC1. The lowest BCUT2D eigenvalue weighted by Crippen LogP contribution is -2.34. The molecule has 202 valence electrons. The number of anilines is 1. The molecule has 4 heterocycles. The van der Waals surface area contributed by atoms with Gasteiger partial charge in [-0.25, -0.2) is 15.0 Å². The van der Waals surface area contributed by atoms with E-state index in [9.17, 15) is 4.79 Å². The third kappa shape index (κ3) is 5.31. The number of esters is 1. The molecule has 5 aromatic rings. The predicted molar refractivity (Wildman–Crippen MR) is 157 cm³/mol. The second kappa shape index (κ2) is 11.3. The van der Waals surface area contributed by atoms with Crippen molar-refractivity contribution in [2.24, 2.45) is 5.92 Å². The molecule has 0 bridgehead atoms. The van der Waals surface area contributed by atoms with Crippen molar-refractivity contribution in [3.05, 3.63) is 90.6 Å². The number of aromatic nitrogens is 4. The molecule has 0 spiro atoms. The van der Waals surface area contributed by atoms with E-state index in [0.29, 0.717) is 24.0 Å². The lowest BCUT2D eigenvalue weighted by atomic mass is 9.93. The van der Waals surface area contributed by atoms with Gasteiger partial charge >= 0.3 is 5.97 Å². The first kappa shape index (κ1) is 25.7. The van der Waals surface area contributed by atoms with Gasteiger partial charge in [-0.3, -0.25) is 14.3 Å². The molecular weight excluding hydrogens is 500 g/mol. The molecule has 1 saturated heterocycles. The van der Waals surface area contributed by atoms with Gasteiger partial charge in [-0.15, -0.1) is 0 Å². The van der Waals surface area contributed by atoms with Crippen LogP contribution < -0.4 is 5.73 Å². The number of carbonyl (C=O) groups is 1. The summed E-state index contributed by atoms with van der Waals surface area (Å²) in [5.74, 6) is 1.43. The van der Waals surface area contributed by atoms with Gasteiger partial charge in [-0.2, -0.15) is 0 Å². The van der Waals surface area contributed by atoms with E-state index in [2.05, 4.69) is 50.8 Å². The lowest BCUT2D eigenvalue weighted by Gasteiger charge is -2.31. The number of nitrogens with zero attached hydrogens (tertiary/aromatic N) is 5. The van der Waals surface area contributed by atoms with Gasteiger partial charge in [0.15, 0.2) is 11.5 Å². The average molecular weight is 533 g/mol. The van der Waals surface area contributed by atoms with E-state index in [1.54, 1.807) is 6.20 Å². The minimum atomic E-state index is -0.112. The van der Waals surface area contributed by atoms with Crippen LogP contribution in [0.25, 0.3) is 39.5 Å². The second-order valence-corrected chi connectivity index (χ2v) is 10.3. The Kier molecular flexibility index (Phi) is 7.25. The van der Waals surface area contributed by atoms with Crippen LogP contribution in [-0.2, 0) is 16.1 Å². The summed E-state index contributed by atoms with van der Waals surface area (Å²) >= 11 is 0. The Hall–Kier alpha value is -4.56. The Morgan fingerprint density at radius 3 is 2.45 bits per heavy atom. The summed E-state index contributed by atoms with van der Waals surface area (Å²) in [7, 11) is 1.46. The number of imidazole rings is 1. The first-order chi connectivity index (χ1) is 19.6. The molecule has 0 aliphatic carbocycles. The molecule has 1 fully saturated rings. The number of benzene rings is 2. The first-order valence-electron chi connectivity index (χ1n) is 13.6. The Labute approximate surface area is 233 Å². The highest BCUT2D eigenvalue weighted by Gasteiger charge is 2.22. The molecule has 40 heavy (non-hydrogen) atoms. The molecule has 2 N–H and O–H groups in total. The van der Waals surface area contributed by atoms with Gasteiger partial charge in [-0.1, -0.05) is 42.5 Å². The standard InChI is InChI=1S/C32H32N6O2/c1-40-29(39)20-22-15-18-37(19-16-22)21-23-9-11-25(12-10-23)38-31(26-8-5-17-34-30(26)33)36-28-14-13-27(35-32(28)38)24-6-3-2-4-7-24/h2-14,17,22H,15-16,18-21H2,1H3,(H2,33,34). The highest BCUT2D eigenvalue weighted by molar-refractivity contribution is 5.84. The summed E-state index contributed by atoms with van der Waals surface area (Å²) in [4.78, 5) is 28.4. The van der Waals surface area contributed by atoms with E-state index in [4.69, 9.17) is 20.4 Å². The number of likely N-dealkylation sites (tertiary alicyclic amines) is 1. The fourth-order valence-corrected chi connectivity index (χ4v) is 5.44. The first-order valence-corrected chi connectivity index (χ1v) is 13.6. The van der Waals surface area contributed by atoms with Crippen molar-refractivity contribution in [2.45, 2.75) is 25.8 Å². The van der Waals surface area contributed by atoms with Gasteiger partial charge in [0.25, 0.3) is 0 Å². The zero-order valence-electron chi connectivity index (χ0n) is 22.5. The van der Waals surface area contributed by atoms with Crippen molar-refractivity contribution in [2.75, 3.05) is 25.9 Å². The van der Waals surface area contributed by atoms with E-state index < -0.39 is 0 Å². The minimum Gasteiger partial charge on any atom is -0.469 e. The van der Waals surface area contributed by atoms with Crippen molar-refractivity contribution >= 4 is 23.0 Å². The Morgan fingerprint density at radius 2 is 1.73 bits per heavy atom. The number of hydrogen-bond donors (Lipinski definition) is 1. The zero-order valence-corrected chi connectivity index (χ0v) is 22.5. The van der Waals surface area contributed by atoms with Crippen molar-refractivity contribution in [3.63, 3.8) is 0 Å². The molecule has 1 aliphatic heterocycles. The topological polar surface area (TPSA) is 99.2 Å². The van der Waals surface area contributed by atoms with Crippen molar-refractivity contribution < 1.29 is 9.53 Å². The van der Waals surface area contributed by atoms with E-state index in [-0.39, 0.29) is 5.97 Å².